The van der Waals surface area contributed by atoms with Crippen LogP contribution in [-0.4, -0.2) is 20.6 Å². The molecule has 1 saturated carbocycles. The predicted molar refractivity (Wildman–Crippen MR) is 64.2 cm³/mol. The number of nitrogens with two attached hydrogens (primary N) is 1. The second-order valence-corrected chi connectivity index (χ2v) is 5.12. The van der Waals surface area contributed by atoms with Crippen molar-refractivity contribution in [1.82, 2.24) is 14.5 Å². The number of thiazole rings is 1. The summed E-state index contributed by atoms with van der Waals surface area (Å²) in [7, 11) is 0. The molecule has 0 aromatic carbocycles. The molecule has 5 heteroatoms. The Kier molecular flexibility index (Phi) is 2.49. The molecule has 1 aliphatic carbocycles. The lowest BCUT2D eigenvalue weighted by atomic mass is 10.2. The van der Waals surface area contributed by atoms with Crippen LogP contribution in [-0.2, 0) is 0 Å². The molecule has 0 unspecified atom stereocenters. The summed E-state index contributed by atoms with van der Waals surface area (Å²) in [6.07, 6.45) is 9.02. The smallest absolute Gasteiger partial charge is 0.169 e. The number of aromatic nitrogens is 3. The van der Waals surface area contributed by atoms with Gasteiger partial charge in [0.05, 0.1) is 0 Å². The van der Waals surface area contributed by atoms with Gasteiger partial charge in [0.15, 0.2) is 10.8 Å². The van der Waals surface area contributed by atoms with Crippen molar-refractivity contribution in [1.29, 1.82) is 0 Å². The van der Waals surface area contributed by atoms with Crippen molar-refractivity contribution in [2.24, 2.45) is 5.73 Å². The van der Waals surface area contributed by atoms with Crippen molar-refractivity contribution in [2.45, 2.75) is 31.3 Å². The molecule has 3 rings (SSSR count). The maximum Gasteiger partial charge on any atom is 0.169 e. The van der Waals surface area contributed by atoms with E-state index in [-0.39, 0.29) is 0 Å². The molecular weight excluding hydrogens is 220 g/mol. The van der Waals surface area contributed by atoms with Crippen LogP contribution >= 0.6 is 11.3 Å². The van der Waals surface area contributed by atoms with Crippen LogP contribution in [0.3, 0.4) is 0 Å². The van der Waals surface area contributed by atoms with Crippen LogP contribution in [0.15, 0.2) is 24.0 Å². The Hall–Kier alpha value is -1.20. The minimum Gasteiger partial charge on any atom is -0.328 e. The maximum atomic E-state index is 5.95. The van der Waals surface area contributed by atoms with Gasteiger partial charge in [0, 0.05) is 36.1 Å². The van der Waals surface area contributed by atoms with E-state index < -0.39 is 0 Å². The van der Waals surface area contributed by atoms with Gasteiger partial charge in [0.2, 0.25) is 0 Å². The van der Waals surface area contributed by atoms with Crippen molar-refractivity contribution >= 4 is 11.3 Å². The highest BCUT2D eigenvalue weighted by molar-refractivity contribution is 7.13. The van der Waals surface area contributed by atoms with Crippen molar-refractivity contribution in [3.8, 4) is 10.8 Å². The molecule has 4 nitrogen and oxygen atoms in total. The molecule has 16 heavy (non-hydrogen) atoms. The van der Waals surface area contributed by atoms with Crippen molar-refractivity contribution in [2.75, 3.05) is 0 Å². The minimum absolute atomic E-state index is 0.344. The summed E-state index contributed by atoms with van der Waals surface area (Å²) in [5.41, 5.74) is 5.95. The summed E-state index contributed by atoms with van der Waals surface area (Å²) >= 11 is 1.63. The Bertz CT molecular complexity index is 462. The number of rotatable bonds is 2. The van der Waals surface area contributed by atoms with E-state index in [2.05, 4.69) is 14.5 Å². The van der Waals surface area contributed by atoms with Gasteiger partial charge in [0.1, 0.15) is 0 Å². The molecule has 84 valence electrons. The molecule has 0 amide bonds. The van der Waals surface area contributed by atoms with Gasteiger partial charge in [-0.3, -0.25) is 0 Å². The van der Waals surface area contributed by atoms with E-state index in [1.807, 2.05) is 24.0 Å². The quantitative estimate of drug-likeness (QED) is 0.865. The van der Waals surface area contributed by atoms with E-state index in [9.17, 15) is 0 Å². The third kappa shape index (κ3) is 1.66. The summed E-state index contributed by atoms with van der Waals surface area (Å²) in [6, 6.07) is 0.841. The van der Waals surface area contributed by atoms with E-state index in [4.69, 9.17) is 5.73 Å². The van der Waals surface area contributed by atoms with Crippen LogP contribution in [0, 0.1) is 0 Å². The number of imidazole rings is 1. The largest absolute Gasteiger partial charge is 0.328 e. The lowest BCUT2D eigenvalue weighted by molar-refractivity contribution is 0.514. The molecule has 1 aliphatic rings. The Balaban J connectivity index is 1.94. The summed E-state index contributed by atoms with van der Waals surface area (Å²) < 4.78 is 2.23. The van der Waals surface area contributed by atoms with Gasteiger partial charge < -0.3 is 10.3 Å². The summed E-state index contributed by atoms with van der Waals surface area (Å²) in [5, 5.41) is 2.97. The van der Waals surface area contributed by atoms with Crippen LogP contribution < -0.4 is 5.73 Å². The first-order chi connectivity index (χ1) is 7.84. The first kappa shape index (κ1) is 9.99. The summed E-state index contributed by atoms with van der Waals surface area (Å²) in [4.78, 5) is 8.71. The van der Waals surface area contributed by atoms with Crippen molar-refractivity contribution < 1.29 is 0 Å². The van der Waals surface area contributed by atoms with Crippen LogP contribution in [0.4, 0.5) is 0 Å². The third-order valence-electron chi connectivity index (χ3n) is 3.13. The maximum absolute atomic E-state index is 5.95. The molecule has 2 aromatic heterocycles. The first-order valence-electron chi connectivity index (χ1n) is 5.53. The molecule has 2 atom stereocenters. The lowest BCUT2D eigenvalue weighted by Gasteiger charge is -2.13. The molecule has 2 heterocycles. The normalized spacial score (nSPS) is 25.1. The van der Waals surface area contributed by atoms with E-state index in [0.717, 1.165) is 30.1 Å². The lowest BCUT2D eigenvalue weighted by Crippen LogP contribution is -2.16. The topological polar surface area (TPSA) is 56.7 Å². The highest BCUT2D eigenvalue weighted by Crippen LogP contribution is 2.32. The third-order valence-corrected chi connectivity index (χ3v) is 3.90. The summed E-state index contributed by atoms with van der Waals surface area (Å²) in [5.74, 6) is 0.981. The zero-order valence-corrected chi connectivity index (χ0v) is 9.73. The fraction of sp³-hybridized carbons (Fsp3) is 0.455. The van der Waals surface area contributed by atoms with Gasteiger partial charge in [-0.15, -0.1) is 11.3 Å². The summed E-state index contributed by atoms with van der Waals surface area (Å²) in [6.45, 7) is 0. The molecule has 0 bridgehead atoms. The number of hydrogen-bond acceptors (Lipinski definition) is 4. The zero-order valence-electron chi connectivity index (χ0n) is 8.91. The second kappa shape index (κ2) is 3.99. The van der Waals surface area contributed by atoms with E-state index in [0.29, 0.717) is 12.1 Å². The highest BCUT2D eigenvalue weighted by Gasteiger charge is 2.25. The van der Waals surface area contributed by atoms with Gasteiger partial charge in [-0.05, 0) is 19.3 Å². The van der Waals surface area contributed by atoms with Gasteiger partial charge in [-0.1, -0.05) is 0 Å². The molecule has 1 fully saturated rings. The van der Waals surface area contributed by atoms with Crippen LogP contribution in [0.2, 0.25) is 0 Å². The van der Waals surface area contributed by atoms with Gasteiger partial charge in [0.25, 0.3) is 0 Å². The standard InChI is InChI=1S/C11H14N4S/c12-8-1-2-9(7-8)15-5-3-13-10(15)11-14-4-6-16-11/h3-6,8-9H,1-2,7,12H2/t8-,9+/m0/s1. The Morgan fingerprint density at radius 3 is 2.94 bits per heavy atom. The Morgan fingerprint density at radius 1 is 1.31 bits per heavy atom. The number of nitrogens with zero attached hydrogens (tertiary/aromatic N) is 3. The fourth-order valence-electron chi connectivity index (χ4n) is 2.35. The van der Waals surface area contributed by atoms with E-state index in [1.54, 1.807) is 11.3 Å². The SMILES string of the molecule is N[C@H]1CC[C@@H](n2ccnc2-c2nccs2)C1. The molecular formula is C11H14N4S. The van der Waals surface area contributed by atoms with Gasteiger partial charge in [-0.2, -0.15) is 0 Å². The molecule has 0 radical (unpaired) electrons. The predicted octanol–water partition coefficient (Wildman–Crippen LogP) is 2.06. The molecule has 0 spiro atoms. The Morgan fingerprint density at radius 2 is 2.25 bits per heavy atom. The van der Waals surface area contributed by atoms with E-state index >= 15 is 0 Å². The van der Waals surface area contributed by atoms with Crippen LogP contribution in [0.25, 0.3) is 10.8 Å². The highest BCUT2D eigenvalue weighted by atomic mass is 32.1. The Labute approximate surface area is 98.1 Å². The van der Waals surface area contributed by atoms with Gasteiger partial charge >= 0.3 is 0 Å². The first-order valence-corrected chi connectivity index (χ1v) is 6.41. The average molecular weight is 234 g/mol. The van der Waals surface area contributed by atoms with E-state index in [1.165, 1.54) is 0 Å². The molecule has 2 N–H and O–H groups in total. The molecule has 0 saturated heterocycles. The van der Waals surface area contributed by atoms with Crippen molar-refractivity contribution in [3.05, 3.63) is 24.0 Å². The molecule has 0 aliphatic heterocycles. The van der Waals surface area contributed by atoms with Crippen LogP contribution in [0.1, 0.15) is 25.3 Å². The minimum atomic E-state index is 0.344. The second-order valence-electron chi connectivity index (χ2n) is 4.22. The molecule has 2 aromatic rings. The monoisotopic (exact) mass is 234 g/mol. The van der Waals surface area contributed by atoms with Crippen molar-refractivity contribution in [3.63, 3.8) is 0 Å². The number of hydrogen-bond donors (Lipinski definition) is 1. The fourth-order valence-corrected chi connectivity index (χ4v) is 2.99. The van der Waals surface area contributed by atoms with Gasteiger partial charge in [-0.25, -0.2) is 9.97 Å². The average Bonchev–Trinajstić information content (AvgIpc) is 2.96. The zero-order chi connectivity index (χ0) is 11.0. The van der Waals surface area contributed by atoms with Crippen LogP contribution in [0.5, 0.6) is 0 Å².